The van der Waals surface area contributed by atoms with Crippen molar-refractivity contribution in [1.29, 1.82) is 5.26 Å². The first-order chi connectivity index (χ1) is 13.4. The van der Waals surface area contributed by atoms with Gasteiger partial charge in [0.05, 0.1) is 18.2 Å². The predicted molar refractivity (Wildman–Crippen MR) is 115 cm³/mol. The zero-order valence-electron chi connectivity index (χ0n) is 16.2. The van der Waals surface area contributed by atoms with Crippen molar-refractivity contribution in [3.05, 3.63) is 52.0 Å². The molecule has 2 aromatic carbocycles. The summed E-state index contributed by atoms with van der Waals surface area (Å²) in [7, 11) is 5.41. The third-order valence-electron chi connectivity index (χ3n) is 3.86. The second-order valence-electron chi connectivity index (χ2n) is 6.03. The molecule has 28 heavy (non-hydrogen) atoms. The highest BCUT2D eigenvalue weighted by Gasteiger charge is 2.14. The number of nitrogens with one attached hydrogen (secondary N) is 1. The van der Waals surface area contributed by atoms with E-state index in [-0.39, 0.29) is 5.57 Å². The van der Waals surface area contributed by atoms with Gasteiger partial charge in [-0.15, -0.1) is 0 Å². The highest BCUT2D eigenvalue weighted by molar-refractivity contribution is 9.10. The molecule has 0 spiro atoms. The first-order valence-corrected chi connectivity index (χ1v) is 9.39. The number of anilines is 2. The molecular weight excluding hydrogens is 422 g/mol. The van der Waals surface area contributed by atoms with E-state index in [1.54, 1.807) is 24.3 Å². The fraction of sp³-hybridized carbons (Fsp3) is 0.238. The Kier molecular flexibility index (Phi) is 7.47. The summed E-state index contributed by atoms with van der Waals surface area (Å²) >= 11 is 3.44. The van der Waals surface area contributed by atoms with E-state index >= 15 is 0 Å². The summed E-state index contributed by atoms with van der Waals surface area (Å²) < 4.78 is 11.6. The van der Waals surface area contributed by atoms with Crippen LogP contribution >= 0.6 is 15.9 Å². The van der Waals surface area contributed by atoms with Crippen LogP contribution in [0.2, 0.25) is 0 Å². The van der Waals surface area contributed by atoms with Crippen molar-refractivity contribution in [2.45, 2.75) is 6.92 Å². The number of hydrogen-bond acceptors (Lipinski definition) is 5. The summed E-state index contributed by atoms with van der Waals surface area (Å²) in [5.74, 6) is 0.606. The van der Waals surface area contributed by atoms with Crippen molar-refractivity contribution in [2.75, 3.05) is 38.0 Å². The van der Waals surface area contributed by atoms with Gasteiger partial charge in [-0.2, -0.15) is 5.26 Å². The van der Waals surface area contributed by atoms with Crippen molar-refractivity contribution in [2.24, 2.45) is 0 Å². The Morgan fingerprint density at radius 3 is 2.50 bits per heavy atom. The number of amides is 1. The predicted octanol–water partition coefficient (Wildman–Crippen LogP) is 4.47. The van der Waals surface area contributed by atoms with E-state index in [1.807, 2.05) is 44.1 Å². The van der Waals surface area contributed by atoms with Crippen LogP contribution < -0.4 is 19.7 Å². The van der Waals surface area contributed by atoms with E-state index in [0.717, 1.165) is 5.69 Å². The van der Waals surface area contributed by atoms with Crippen LogP contribution in [-0.4, -0.2) is 33.7 Å². The van der Waals surface area contributed by atoms with Crippen LogP contribution in [-0.2, 0) is 4.79 Å². The lowest BCUT2D eigenvalue weighted by Crippen LogP contribution is -2.14. The number of benzene rings is 2. The monoisotopic (exact) mass is 443 g/mol. The summed E-state index contributed by atoms with van der Waals surface area (Å²) in [5.41, 5.74) is 2.25. The Morgan fingerprint density at radius 1 is 1.29 bits per heavy atom. The maximum Gasteiger partial charge on any atom is 0.266 e. The zero-order chi connectivity index (χ0) is 20.7. The molecule has 0 aromatic heterocycles. The van der Waals surface area contributed by atoms with Crippen LogP contribution in [0.3, 0.4) is 0 Å². The zero-order valence-corrected chi connectivity index (χ0v) is 17.8. The van der Waals surface area contributed by atoms with Crippen molar-refractivity contribution in [3.8, 4) is 17.6 Å². The molecule has 0 fully saturated rings. The molecule has 0 aliphatic rings. The van der Waals surface area contributed by atoms with Gasteiger partial charge < -0.3 is 19.7 Å². The van der Waals surface area contributed by atoms with E-state index < -0.39 is 5.91 Å². The lowest BCUT2D eigenvalue weighted by Gasteiger charge is -2.13. The molecule has 6 nitrogen and oxygen atoms in total. The van der Waals surface area contributed by atoms with Crippen LogP contribution in [0, 0.1) is 11.3 Å². The fourth-order valence-electron chi connectivity index (χ4n) is 2.46. The summed E-state index contributed by atoms with van der Waals surface area (Å²) in [5, 5.41) is 12.2. The van der Waals surface area contributed by atoms with Gasteiger partial charge in [0.15, 0.2) is 11.5 Å². The molecule has 2 aromatic rings. The number of nitriles is 1. The molecule has 0 unspecified atom stereocenters. The molecule has 0 saturated carbocycles. The van der Waals surface area contributed by atoms with Crippen molar-refractivity contribution in [1.82, 2.24) is 0 Å². The molecule has 0 heterocycles. The van der Waals surface area contributed by atoms with Gasteiger partial charge in [-0.3, -0.25) is 4.79 Å². The van der Waals surface area contributed by atoms with E-state index in [9.17, 15) is 10.1 Å². The number of halogens is 1. The van der Waals surface area contributed by atoms with Gasteiger partial charge in [0, 0.05) is 25.5 Å². The maximum absolute atomic E-state index is 12.5. The van der Waals surface area contributed by atoms with Crippen LogP contribution in [0.4, 0.5) is 11.4 Å². The second-order valence-corrected chi connectivity index (χ2v) is 6.89. The number of rotatable bonds is 7. The van der Waals surface area contributed by atoms with Gasteiger partial charge in [-0.1, -0.05) is 0 Å². The van der Waals surface area contributed by atoms with Crippen LogP contribution in [0.1, 0.15) is 12.5 Å². The number of nitrogens with zero attached hydrogens (tertiary/aromatic N) is 2. The maximum atomic E-state index is 12.5. The average Bonchev–Trinajstić information content (AvgIpc) is 2.68. The third kappa shape index (κ3) is 5.27. The van der Waals surface area contributed by atoms with Crippen molar-refractivity contribution in [3.63, 3.8) is 0 Å². The van der Waals surface area contributed by atoms with Crippen LogP contribution in [0.25, 0.3) is 6.08 Å². The van der Waals surface area contributed by atoms with E-state index in [4.69, 9.17) is 9.47 Å². The minimum Gasteiger partial charge on any atom is -0.493 e. The Morgan fingerprint density at radius 2 is 1.96 bits per heavy atom. The molecule has 0 bridgehead atoms. The molecular formula is C21H22BrN3O3. The van der Waals surface area contributed by atoms with Gasteiger partial charge in [0.25, 0.3) is 5.91 Å². The van der Waals surface area contributed by atoms with Crippen molar-refractivity contribution < 1.29 is 14.3 Å². The summed E-state index contributed by atoms with van der Waals surface area (Å²) in [6.45, 7) is 2.37. The number of hydrogen-bond donors (Lipinski definition) is 1. The third-order valence-corrected chi connectivity index (χ3v) is 4.45. The molecule has 2 rings (SSSR count). The topological polar surface area (TPSA) is 74.6 Å². The van der Waals surface area contributed by atoms with Crippen LogP contribution in [0.5, 0.6) is 11.5 Å². The lowest BCUT2D eigenvalue weighted by molar-refractivity contribution is -0.112. The van der Waals surface area contributed by atoms with E-state index in [0.29, 0.717) is 33.8 Å². The fourth-order valence-corrected chi connectivity index (χ4v) is 3.04. The molecule has 1 N–H and O–H groups in total. The minimum atomic E-state index is -0.482. The van der Waals surface area contributed by atoms with Gasteiger partial charge in [0.1, 0.15) is 11.6 Å². The van der Waals surface area contributed by atoms with Gasteiger partial charge in [-0.25, -0.2) is 0 Å². The SMILES string of the molecule is CCOc1c(Br)cc(/C=C(/C#N)C(=O)Nc2ccc(N(C)C)cc2)cc1OC. The first-order valence-electron chi connectivity index (χ1n) is 8.60. The van der Waals surface area contributed by atoms with Gasteiger partial charge in [-0.05, 0) is 70.9 Å². The smallest absolute Gasteiger partial charge is 0.266 e. The Bertz CT molecular complexity index is 916. The largest absolute Gasteiger partial charge is 0.493 e. The Hall–Kier alpha value is -2.98. The molecule has 146 valence electrons. The van der Waals surface area contributed by atoms with E-state index in [1.165, 1.54) is 13.2 Å². The minimum absolute atomic E-state index is 0.0187. The molecule has 7 heteroatoms. The number of ether oxygens (including phenoxy) is 2. The lowest BCUT2D eigenvalue weighted by atomic mass is 10.1. The standard InChI is InChI=1S/C21H22BrN3O3/c1-5-28-20-18(22)11-14(12-19(20)27-4)10-15(13-23)21(26)24-16-6-8-17(9-7-16)25(2)3/h6-12H,5H2,1-4H3,(H,24,26)/b15-10-. The van der Waals surface area contributed by atoms with Crippen molar-refractivity contribution >= 4 is 39.3 Å². The van der Waals surface area contributed by atoms with Crippen LogP contribution in [0.15, 0.2) is 46.4 Å². The molecule has 0 aliphatic carbocycles. The Balaban J connectivity index is 2.26. The van der Waals surface area contributed by atoms with Gasteiger partial charge in [0.2, 0.25) is 0 Å². The number of carbonyl (C=O) groups is 1. The number of carbonyl (C=O) groups excluding carboxylic acids is 1. The molecule has 0 aliphatic heterocycles. The normalized spacial score (nSPS) is 10.8. The molecule has 0 atom stereocenters. The molecule has 0 saturated heterocycles. The highest BCUT2D eigenvalue weighted by atomic mass is 79.9. The summed E-state index contributed by atoms with van der Waals surface area (Å²) in [6.07, 6.45) is 1.51. The van der Waals surface area contributed by atoms with Gasteiger partial charge >= 0.3 is 0 Å². The summed E-state index contributed by atoms with van der Waals surface area (Å²) in [6, 6.07) is 12.8. The quantitative estimate of drug-likeness (QED) is 0.504. The molecule has 0 radical (unpaired) electrons. The summed E-state index contributed by atoms with van der Waals surface area (Å²) in [4.78, 5) is 14.5. The average molecular weight is 444 g/mol. The van der Waals surface area contributed by atoms with E-state index in [2.05, 4.69) is 21.2 Å². The molecule has 1 amide bonds. The highest BCUT2D eigenvalue weighted by Crippen LogP contribution is 2.37. The number of methoxy groups -OCH3 is 1. The Labute approximate surface area is 173 Å². The first kappa shape index (κ1) is 21.3. The second kappa shape index (κ2) is 9.81.